The number of hydrogen-bond donors (Lipinski definition) is 1. The molecule has 1 atom stereocenters. The maximum absolute atomic E-state index is 6.33. The highest BCUT2D eigenvalue weighted by Crippen LogP contribution is 2.48. The Labute approximate surface area is 165 Å². The van der Waals surface area contributed by atoms with Gasteiger partial charge in [0.1, 0.15) is 0 Å². The van der Waals surface area contributed by atoms with E-state index in [1.807, 2.05) is 12.1 Å². The van der Waals surface area contributed by atoms with Crippen molar-refractivity contribution in [2.75, 3.05) is 20.1 Å². The number of likely N-dealkylation sites (tertiary alicyclic amines) is 1. The Morgan fingerprint density at radius 2 is 1.93 bits per heavy atom. The highest BCUT2D eigenvalue weighted by Gasteiger charge is 2.43. The molecule has 5 nitrogen and oxygen atoms in total. The second kappa shape index (κ2) is 7.40. The van der Waals surface area contributed by atoms with Crippen LogP contribution in [0.2, 0.25) is 5.02 Å². The van der Waals surface area contributed by atoms with Crippen LogP contribution in [0.15, 0.2) is 30.5 Å². The summed E-state index contributed by atoms with van der Waals surface area (Å²) >= 11 is 6.33. The summed E-state index contributed by atoms with van der Waals surface area (Å²) in [6.45, 7) is 4.58. The van der Waals surface area contributed by atoms with Gasteiger partial charge in [0.25, 0.3) is 0 Å². The fraction of sp³-hybridized carbons (Fsp3) is 0.476. The van der Waals surface area contributed by atoms with Crippen molar-refractivity contribution in [3.63, 3.8) is 0 Å². The molecule has 0 saturated carbocycles. The van der Waals surface area contributed by atoms with Gasteiger partial charge in [0, 0.05) is 10.4 Å². The van der Waals surface area contributed by atoms with Gasteiger partial charge in [0.15, 0.2) is 5.75 Å². The summed E-state index contributed by atoms with van der Waals surface area (Å²) < 4.78 is 0. The molecule has 0 radical (unpaired) electrons. The minimum atomic E-state index is -0.158. The van der Waals surface area contributed by atoms with Crippen LogP contribution in [0.5, 0.6) is 5.75 Å². The molecular weight excluding hydrogens is 362 g/mol. The van der Waals surface area contributed by atoms with E-state index in [2.05, 4.69) is 36.0 Å². The number of rotatable bonds is 3. The molecule has 1 saturated heterocycles. The molecule has 144 valence electrons. The van der Waals surface area contributed by atoms with Crippen molar-refractivity contribution in [2.45, 2.75) is 38.0 Å². The average Bonchev–Trinajstić information content (AvgIpc) is 2.78. The molecule has 1 unspecified atom stereocenters. The quantitative estimate of drug-likeness (QED) is 0.643. The number of hydrogen-bond acceptors (Lipinski definition) is 5. The fourth-order valence-electron chi connectivity index (χ4n) is 4.92. The Hall–Kier alpha value is -1.66. The van der Waals surface area contributed by atoms with Crippen molar-refractivity contribution in [2.24, 2.45) is 11.8 Å². The van der Waals surface area contributed by atoms with Crippen LogP contribution in [0.25, 0.3) is 0 Å². The van der Waals surface area contributed by atoms with Crippen LogP contribution >= 0.6 is 11.6 Å². The van der Waals surface area contributed by atoms with Crippen molar-refractivity contribution < 1.29 is 9.88 Å². The summed E-state index contributed by atoms with van der Waals surface area (Å²) in [6, 6.07) is 8.35. The van der Waals surface area contributed by atoms with Gasteiger partial charge in [-0.15, -0.1) is 0 Å². The van der Waals surface area contributed by atoms with Gasteiger partial charge >= 0.3 is 0 Å². The second-order valence-electron chi connectivity index (χ2n) is 7.94. The van der Waals surface area contributed by atoms with Gasteiger partial charge in [-0.2, -0.15) is 5.90 Å². The normalized spacial score (nSPS) is 23.4. The standard InChI is InChI=1S/C21H26ClN3O2/c1-21(16-7-9-25(2)10-8-16)19-6-5-17(22)11-14(19)3-4-15-12-18(26-27-23)13-24-20(15)21/h5-6,11-13,16H,3-4,7-10,23H2,1-2H3. The smallest absolute Gasteiger partial charge is 0.186 e. The van der Waals surface area contributed by atoms with E-state index in [1.54, 1.807) is 6.20 Å². The Morgan fingerprint density at radius 3 is 2.67 bits per heavy atom. The molecule has 1 fully saturated rings. The highest BCUT2D eigenvalue weighted by atomic mass is 35.5. The van der Waals surface area contributed by atoms with Crippen LogP contribution in [-0.4, -0.2) is 30.0 Å². The molecule has 1 aromatic heterocycles. The number of halogens is 1. The first-order valence-corrected chi connectivity index (χ1v) is 9.90. The van der Waals surface area contributed by atoms with Crippen molar-refractivity contribution in [3.8, 4) is 5.75 Å². The van der Waals surface area contributed by atoms with E-state index in [0.29, 0.717) is 11.7 Å². The van der Waals surface area contributed by atoms with Gasteiger partial charge in [0.05, 0.1) is 11.9 Å². The van der Waals surface area contributed by atoms with Crippen molar-refractivity contribution in [1.82, 2.24) is 9.88 Å². The largest absolute Gasteiger partial charge is 0.318 e. The summed E-state index contributed by atoms with van der Waals surface area (Å²) in [5, 5.41) is 0.791. The lowest BCUT2D eigenvalue weighted by Gasteiger charge is -2.43. The van der Waals surface area contributed by atoms with E-state index >= 15 is 0 Å². The molecule has 1 aliphatic carbocycles. The fourth-order valence-corrected chi connectivity index (χ4v) is 5.11. The summed E-state index contributed by atoms with van der Waals surface area (Å²) in [5.74, 6) is 6.12. The third-order valence-electron chi connectivity index (χ3n) is 6.40. The first-order valence-electron chi connectivity index (χ1n) is 9.52. The Kier molecular flexibility index (Phi) is 5.12. The summed E-state index contributed by atoms with van der Waals surface area (Å²) in [4.78, 5) is 16.6. The van der Waals surface area contributed by atoms with Crippen molar-refractivity contribution >= 4 is 11.6 Å². The van der Waals surface area contributed by atoms with Crippen molar-refractivity contribution in [3.05, 3.63) is 57.9 Å². The predicted octanol–water partition coefficient (Wildman–Crippen LogP) is 3.67. The zero-order chi connectivity index (χ0) is 19.0. The molecule has 27 heavy (non-hydrogen) atoms. The maximum atomic E-state index is 6.33. The zero-order valence-electron chi connectivity index (χ0n) is 15.9. The molecule has 0 spiro atoms. The molecule has 1 aliphatic heterocycles. The Bertz CT molecular complexity index is 836. The zero-order valence-corrected chi connectivity index (χ0v) is 16.6. The molecule has 1 aromatic carbocycles. The van der Waals surface area contributed by atoms with E-state index < -0.39 is 0 Å². The number of pyridine rings is 1. The minimum Gasteiger partial charge on any atom is -0.318 e. The lowest BCUT2D eigenvalue weighted by atomic mass is 9.64. The van der Waals surface area contributed by atoms with Crippen LogP contribution < -0.4 is 10.8 Å². The van der Waals surface area contributed by atoms with Crippen LogP contribution in [0.4, 0.5) is 0 Å². The van der Waals surface area contributed by atoms with E-state index in [-0.39, 0.29) is 5.41 Å². The number of piperidine rings is 1. The third-order valence-corrected chi connectivity index (χ3v) is 6.64. The predicted molar refractivity (Wildman–Crippen MR) is 106 cm³/mol. The number of aromatic nitrogens is 1. The number of fused-ring (bicyclic) bond motifs is 2. The summed E-state index contributed by atoms with van der Waals surface area (Å²) in [5.41, 5.74) is 4.85. The molecule has 2 heterocycles. The van der Waals surface area contributed by atoms with Gasteiger partial charge in [-0.05, 0) is 93.6 Å². The lowest BCUT2D eigenvalue weighted by Crippen LogP contribution is -2.42. The molecule has 2 aliphatic rings. The first kappa shape index (κ1) is 18.7. The number of nitrogens with two attached hydrogens (primary N) is 1. The Balaban J connectivity index is 1.86. The number of nitrogens with zero attached hydrogens (tertiary/aromatic N) is 2. The van der Waals surface area contributed by atoms with E-state index in [4.69, 9.17) is 27.4 Å². The van der Waals surface area contributed by atoms with Gasteiger partial charge in [-0.3, -0.25) is 4.98 Å². The van der Waals surface area contributed by atoms with E-state index in [0.717, 1.165) is 49.5 Å². The molecule has 0 bridgehead atoms. The second-order valence-corrected chi connectivity index (χ2v) is 8.38. The van der Waals surface area contributed by atoms with Crippen molar-refractivity contribution in [1.29, 1.82) is 0 Å². The van der Waals surface area contributed by atoms with Gasteiger partial charge in [0.2, 0.25) is 0 Å². The molecule has 2 aromatic rings. The summed E-state index contributed by atoms with van der Waals surface area (Å²) in [6.07, 6.45) is 5.83. The van der Waals surface area contributed by atoms with Crippen LogP contribution in [-0.2, 0) is 23.2 Å². The number of aryl methyl sites for hydroxylation is 2. The summed E-state index contributed by atoms with van der Waals surface area (Å²) in [7, 11) is 2.20. The average molecular weight is 388 g/mol. The van der Waals surface area contributed by atoms with E-state index in [9.17, 15) is 0 Å². The molecule has 4 rings (SSSR count). The highest BCUT2D eigenvalue weighted by molar-refractivity contribution is 6.30. The van der Waals surface area contributed by atoms with Gasteiger partial charge < -0.3 is 9.79 Å². The molecule has 6 heteroatoms. The van der Waals surface area contributed by atoms with Crippen LogP contribution in [0.3, 0.4) is 0 Å². The lowest BCUT2D eigenvalue weighted by molar-refractivity contribution is -0.211. The third kappa shape index (κ3) is 3.34. The SMILES string of the molecule is CN1CCC(C2(C)c3ccc(Cl)cc3CCc3cc(OON)cnc32)CC1. The number of benzene rings is 1. The molecular formula is C21H26ClN3O2. The van der Waals surface area contributed by atoms with E-state index in [1.165, 1.54) is 16.7 Å². The topological polar surface area (TPSA) is 60.6 Å². The molecule has 0 amide bonds. The van der Waals surface area contributed by atoms with Gasteiger partial charge in [-0.25, -0.2) is 0 Å². The monoisotopic (exact) mass is 387 g/mol. The first-order chi connectivity index (χ1) is 13.0. The van der Waals surface area contributed by atoms with Crippen LogP contribution in [0.1, 0.15) is 42.1 Å². The van der Waals surface area contributed by atoms with Gasteiger partial charge in [-0.1, -0.05) is 22.7 Å². The Morgan fingerprint density at radius 1 is 1.19 bits per heavy atom. The molecule has 2 N–H and O–H groups in total. The minimum absolute atomic E-state index is 0.158. The maximum Gasteiger partial charge on any atom is 0.186 e. The van der Waals surface area contributed by atoms with Crippen LogP contribution in [0, 0.1) is 5.92 Å².